The maximum absolute atomic E-state index is 11.7. The average molecular weight is 457 g/mol. The molecule has 0 bridgehead atoms. The molecule has 1 atom stereocenters. The predicted octanol–water partition coefficient (Wildman–Crippen LogP) is 1.63. The van der Waals surface area contributed by atoms with E-state index in [1.807, 2.05) is 24.3 Å². The molecule has 1 aliphatic rings. The number of primary amides is 1. The number of ether oxygens (including phenoxy) is 3. The van der Waals surface area contributed by atoms with Crippen LogP contribution in [0.3, 0.4) is 0 Å². The van der Waals surface area contributed by atoms with Crippen LogP contribution >= 0.6 is 0 Å². The predicted molar refractivity (Wildman–Crippen MR) is 117 cm³/mol. The van der Waals surface area contributed by atoms with Crippen molar-refractivity contribution in [2.45, 2.75) is 25.4 Å². The fraction of sp³-hybridized carbons (Fsp3) is 0.455. The molecular formula is C22H28N6O5. The van der Waals surface area contributed by atoms with E-state index >= 15 is 0 Å². The quantitative estimate of drug-likeness (QED) is 0.510. The molecule has 1 fully saturated rings. The topological polar surface area (TPSA) is 131 Å². The molecule has 4 rings (SSSR count). The summed E-state index contributed by atoms with van der Waals surface area (Å²) in [4.78, 5) is 13.9. The second-order valence-corrected chi connectivity index (χ2v) is 7.85. The minimum atomic E-state index is -0.322. The average Bonchev–Trinajstić information content (AvgIpc) is 3.51. The summed E-state index contributed by atoms with van der Waals surface area (Å²) in [6, 6.07) is 7.18. The first kappa shape index (κ1) is 22.6. The Morgan fingerprint density at radius 1 is 1.18 bits per heavy atom. The van der Waals surface area contributed by atoms with E-state index in [0.29, 0.717) is 55.5 Å². The lowest BCUT2D eigenvalue weighted by Gasteiger charge is -2.36. The van der Waals surface area contributed by atoms with Gasteiger partial charge in [0.2, 0.25) is 11.7 Å². The summed E-state index contributed by atoms with van der Waals surface area (Å²) in [5, 5.41) is 12.5. The molecule has 1 amide bonds. The lowest BCUT2D eigenvalue weighted by molar-refractivity contribution is -0.123. The molecule has 11 heteroatoms. The molecule has 2 aromatic heterocycles. The van der Waals surface area contributed by atoms with Crippen molar-refractivity contribution in [2.75, 3.05) is 34.4 Å². The SMILES string of the molecule is COc1cc(C(c2nnnn2Cc2ccco2)N2CCC(C(N)=O)CC2)cc(OC)c1OC. The molecule has 3 aromatic rings. The van der Waals surface area contributed by atoms with Crippen molar-refractivity contribution in [3.63, 3.8) is 0 Å². The highest BCUT2D eigenvalue weighted by Crippen LogP contribution is 2.42. The third kappa shape index (κ3) is 4.63. The summed E-state index contributed by atoms with van der Waals surface area (Å²) in [7, 11) is 4.72. The molecule has 3 heterocycles. The van der Waals surface area contributed by atoms with Gasteiger partial charge in [-0.2, -0.15) is 0 Å². The zero-order valence-electron chi connectivity index (χ0n) is 18.9. The lowest BCUT2D eigenvalue weighted by atomic mass is 9.93. The second kappa shape index (κ2) is 9.90. The van der Waals surface area contributed by atoms with Crippen LogP contribution in [0.15, 0.2) is 34.9 Å². The second-order valence-electron chi connectivity index (χ2n) is 7.85. The van der Waals surface area contributed by atoms with Gasteiger partial charge in [0, 0.05) is 5.92 Å². The van der Waals surface area contributed by atoms with Gasteiger partial charge in [-0.15, -0.1) is 5.10 Å². The number of methoxy groups -OCH3 is 3. The van der Waals surface area contributed by atoms with Crippen molar-refractivity contribution in [2.24, 2.45) is 11.7 Å². The number of carbonyl (C=O) groups excluding carboxylic acids is 1. The Labute approximate surface area is 191 Å². The standard InChI is InChI=1S/C22H28N6O5/c1-30-17-11-15(12-18(31-2)20(17)32-3)19(27-8-6-14(7-9-27)21(23)29)22-24-25-26-28(22)13-16-5-4-10-33-16/h4-5,10-12,14,19H,6-9,13H2,1-3H3,(H2,23,29). The minimum Gasteiger partial charge on any atom is -0.493 e. The zero-order chi connectivity index (χ0) is 23.4. The van der Waals surface area contributed by atoms with Crippen molar-refractivity contribution in [3.05, 3.63) is 47.7 Å². The summed E-state index contributed by atoms with van der Waals surface area (Å²) in [6.07, 6.45) is 2.94. The van der Waals surface area contributed by atoms with Gasteiger partial charge in [-0.05, 0) is 66.2 Å². The highest BCUT2D eigenvalue weighted by atomic mass is 16.5. The Morgan fingerprint density at radius 3 is 2.42 bits per heavy atom. The van der Waals surface area contributed by atoms with E-state index in [1.165, 1.54) is 0 Å². The molecule has 0 aliphatic carbocycles. The highest BCUT2D eigenvalue weighted by Gasteiger charge is 2.34. The van der Waals surface area contributed by atoms with E-state index in [9.17, 15) is 4.79 Å². The van der Waals surface area contributed by atoms with Gasteiger partial charge in [0.05, 0.1) is 33.6 Å². The number of benzene rings is 1. The van der Waals surface area contributed by atoms with Crippen molar-refractivity contribution >= 4 is 5.91 Å². The van der Waals surface area contributed by atoms with Crippen LogP contribution in [0.5, 0.6) is 17.2 Å². The number of nitrogens with zero attached hydrogens (tertiary/aromatic N) is 5. The molecular weight excluding hydrogens is 428 g/mol. The Balaban J connectivity index is 1.77. The fourth-order valence-electron chi connectivity index (χ4n) is 4.29. The molecule has 176 valence electrons. The molecule has 11 nitrogen and oxygen atoms in total. The molecule has 33 heavy (non-hydrogen) atoms. The summed E-state index contributed by atoms with van der Waals surface area (Å²) in [5.41, 5.74) is 6.42. The first-order chi connectivity index (χ1) is 16.0. The van der Waals surface area contributed by atoms with Crippen LogP contribution in [0.4, 0.5) is 0 Å². The lowest BCUT2D eigenvalue weighted by Crippen LogP contribution is -2.41. The number of likely N-dealkylation sites (tertiary alicyclic amines) is 1. The number of furan rings is 1. The molecule has 2 N–H and O–H groups in total. The Bertz CT molecular complexity index is 1050. The van der Waals surface area contributed by atoms with Crippen LogP contribution in [-0.2, 0) is 11.3 Å². The van der Waals surface area contributed by atoms with Crippen molar-refractivity contribution in [1.29, 1.82) is 0 Å². The van der Waals surface area contributed by atoms with Gasteiger partial charge in [0.1, 0.15) is 12.3 Å². The number of tetrazole rings is 1. The van der Waals surface area contributed by atoms with Gasteiger partial charge in [-0.25, -0.2) is 4.68 Å². The Kier molecular flexibility index (Phi) is 6.78. The van der Waals surface area contributed by atoms with Gasteiger partial charge in [-0.3, -0.25) is 9.69 Å². The number of rotatable bonds is 9. The first-order valence-corrected chi connectivity index (χ1v) is 10.7. The summed E-state index contributed by atoms with van der Waals surface area (Å²) < 4.78 is 23.9. The largest absolute Gasteiger partial charge is 0.493 e. The molecule has 1 aromatic carbocycles. The van der Waals surface area contributed by atoms with E-state index in [0.717, 1.165) is 11.3 Å². The molecule has 0 saturated carbocycles. The molecule has 1 saturated heterocycles. The monoisotopic (exact) mass is 456 g/mol. The number of nitrogens with two attached hydrogens (primary N) is 1. The van der Waals surface area contributed by atoms with Gasteiger partial charge < -0.3 is 24.4 Å². The van der Waals surface area contributed by atoms with Gasteiger partial charge in [0.25, 0.3) is 0 Å². The highest BCUT2D eigenvalue weighted by molar-refractivity contribution is 5.76. The van der Waals surface area contributed by atoms with Crippen molar-refractivity contribution < 1.29 is 23.4 Å². The third-order valence-corrected chi connectivity index (χ3v) is 5.99. The minimum absolute atomic E-state index is 0.138. The van der Waals surface area contributed by atoms with Crippen molar-refractivity contribution in [3.8, 4) is 17.2 Å². The summed E-state index contributed by atoms with van der Waals surface area (Å²) in [5.74, 6) is 2.55. The number of piperidine rings is 1. The number of amides is 1. The molecule has 0 radical (unpaired) electrons. The normalized spacial score (nSPS) is 15.8. The number of hydrogen-bond donors (Lipinski definition) is 1. The van der Waals surface area contributed by atoms with E-state index in [2.05, 4.69) is 20.4 Å². The summed E-state index contributed by atoms with van der Waals surface area (Å²) in [6.45, 7) is 1.69. The van der Waals surface area contributed by atoms with E-state index < -0.39 is 0 Å². The maximum atomic E-state index is 11.7. The van der Waals surface area contributed by atoms with Crippen LogP contribution in [0.2, 0.25) is 0 Å². The molecule has 1 aliphatic heterocycles. The number of hydrogen-bond acceptors (Lipinski definition) is 9. The fourth-order valence-corrected chi connectivity index (χ4v) is 4.29. The first-order valence-electron chi connectivity index (χ1n) is 10.7. The molecule has 0 spiro atoms. The van der Waals surface area contributed by atoms with Crippen molar-refractivity contribution in [1.82, 2.24) is 25.1 Å². The Hall–Kier alpha value is -3.60. The van der Waals surface area contributed by atoms with Crippen LogP contribution in [-0.4, -0.2) is 65.4 Å². The summed E-state index contributed by atoms with van der Waals surface area (Å²) >= 11 is 0. The smallest absolute Gasteiger partial charge is 0.220 e. The van der Waals surface area contributed by atoms with E-state index in [1.54, 1.807) is 32.3 Å². The van der Waals surface area contributed by atoms with Crippen LogP contribution < -0.4 is 19.9 Å². The van der Waals surface area contributed by atoms with Gasteiger partial charge >= 0.3 is 0 Å². The van der Waals surface area contributed by atoms with E-state index in [4.69, 9.17) is 24.4 Å². The van der Waals surface area contributed by atoms with Crippen LogP contribution in [0.25, 0.3) is 0 Å². The molecule has 1 unspecified atom stereocenters. The van der Waals surface area contributed by atoms with Crippen LogP contribution in [0, 0.1) is 5.92 Å². The maximum Gasteiger partial charge on any atom is 0.220 e. The number of aromatic nitrogens is 4. The van der Waals surface area contributed by atoms with Gasteiger partial charge in [-0.1, -0.05) is 0 Å². The van der Waals surface area contributed by atoms with Gasteiger partial charge in [0.15, 0.2) is 17.3 Å². The third-order valence-electron chi connectivity index (χ3n) is 5.99. The van der Waals surface area contributed by atoms with Crippen LogP contribution in [0.1, 0.15) is 36.0 Å². The zero-order valence-corrected chi connectivity index (χ0v) is 18.9. The Morgan fingerprint density at radius 2 is 1.88 bits per heavy atom. The number of carbonyl (C=O) groups is 1. The van der Waals surface area contributed by atoms with E-state index in [-0.39, 0.29) is 17.9 Å².